The molecule has 0 aromatic rings. The molecule has 1 fully saturated rings. The minimum atomic E-state index is -0.844. The Kier molecular flexibility index (Phi) is 5.78. The molecule has 1 aliphatic carbocycles. The van der Waals surface area contributed by atoms with Crippen LogP contribution in [0, 0.1) is 11.8 Å². The van der Waals surface area contributed by atoms with E-state index in [1.807, 2.05) is 6.92 Å². The van der Waals surface area contributed by atoms with Crippen molar-refractivity contribution in [3.05, 3.63) is 0 Å². The summed E-state index contributed by atoms with van der Waals surface area (Å²) in [7, 11) is -0.844. The molecule has 5 nitrogen and oxygen atoms in total. The summed E-state index contributed by atoms with van der Waals surface area (Å²) in [5.41, 5.74) is 0. The van der Waals surface area contributed by atoms with Crippen LogP contribution in [-0.2, 0) is 20.4 Å². The van der Waals surface area contributed by atoms with Crippen LogP contribution in [0.4, 0.5) is 0 Å². The van der Waals surface area contributed by atoms with Crippen molar-refractivity contribution in [3.8, 4) is 0 Å². The standard InChI is InChI=1S/C12H21NO4S/c1-8(5-6-18(2)17)13-11(14)9-3-4-10(7-9)12(15)16/h8-10H,3-7H2,1-2H3,(H,13,14)(H,15,16)/t8?,9-,10+,18?/m1/s1. The van der Waals surface area contributed by atoms with Crippen molar-refractivity contribution >= 4 is 22.7 Å². The highest BCUT2D eigenvalue weighted by molar-refractivity contribution is 7.84. The summed E-state index contributed by atoms with van der Waals surface area (Å²) in [6.07, 6.45) is 4.00. The average molecular weight is 275 g/mol. The Labute approximate surface area is 110 Å². The van der Waals surface area contributed by atoms with E-state index in [0.717, 1.165) is 0 Å². The van der Waals surface area contributed by atoms with Crippen molar-refractivity contribution in [1.82, 2.24) is 5.32 Å². The summed E-state index contributed by atoms with van der Waals surface area (Å²) in [6, 6.07) is -0.00900. The largest absolute Gasteiger partial charge is 0.481 e. The van der Waals surface area contributed by atoms with Gasteiger partial charge in [0.15, 0.2) is 0 Å². The van der Waals surface area contributed by atoms with E-state index in [1.165, 1.54) is 0 Å². The molecule has 104 valence electrons. The number of carbonyl (C=O) groups is 2. The third-order valence-corrected chi connectivity index (χ3v) is 4.19. The molecule has 0 spiro atoms. The lowest BCUT2D eigenvalue weighted by atomic mass is 10.0. The van der Waals surface area contributed by atoms with Crippen LogP contribution < -0.4 is 5.32 Å². The highest BCUT2D eigenvalue weighted by Crippen LogP contribution is 2.31. The Morgan fingerprint density at radius 1 is 1.39 bits per heavy atom. The fourth-order valence-corrected chi connectivity index (χ4v) is 2.91. The van der Waals surface area contributed by atoms with Crippen molar-refractivity contribution in [2.75, 3.05) is 12.0 Å². The van der Waals surface area contributed by atoms with Crippen LogP contribution >= 0.6 is 0 Å². The van der Waals surface area contributed by atoms with Crippen molar-refractivity contribution in [3.63, 3.8) is 0 Å². The molecule has 2 unspecified atom stereocenters. The Bertz CT molecular complexity index is 345. The van der Waals surface area contributed by atoms with Crippen molar-refractivity contribution in [2.45, 2.75) is 38.6 Å². The van der Waals surface area contributed by atoms with Crippen LogP contribution in [0.5, 0.6) is 0 Å². The lowest BCUT2D eigenvalue weighted by molar-refractivity contribution is -0.141. The van der Waals surface area contributed by atoms with Gasteiger partial charge in [0.25, 0.3) is 0 Å². The number of carboxylic acids is 1. The molecule has 0 radical (unpaired) electrons. The summed E-state index contributed by atoms with van der Waals surface area (Å²) >= 11 is 0. The lowest BCUT2D eigenvalue weighted by Crippen LogP contribution is -2.37. The van der Waals surface area contributed by atoms with Gasteiger partial charge in [-0.05, 0) is 32.6 Å². The summed E-state index contributed by atoms with van der Waals surface area (Å²) in [6.45, 7) is 1.88. The number of carboxylic acid groups (broad SMARTS) is 1. The molecule has 0 aromatic carbocycles. The smallest absolute Gasteiger partial charge is 0.306 e. The Morgan fingerprint density at radius 2 is 2.00 bits per heavy atom. The van der Waals surface area contributed by atoms with Gasteiger partial charge in [-0.2, -0.15) is 0 Å². The molecule has 1 saturated carbocycles. The molecule has 1 rings (SSSR count). The number of amides is 1. The third kappa shape index (κ3) is 4.76. The van der Waals surface area contributed by atoms with Gasteiger partial charge in [-0.3, -0.25) is 13.8 Å². The van der Waals surface area contributed by atoms with Crippen LogP contribution in [0.1, 0.15) is 32.6 Å². The molecule has 1 amide bonds. The van der Waals surface area contributed by atoms with Crippen LogP contribution in [0.2, 0.25) is 0 Å². The number of rotatable bonds is 6. The molecular weight excluding hydrogens is 254 g/mol. The van der Waals surface area contributed by atoms with Crippen LogP contribution in [-0.4, -0.2) is 39.2 Å². The predicted octanol–water partition coefficient (Wildman–Crippen LogP) is 0.761. The zero-order valence-electron chi connectivity index (χ0n) is 10.8. The third-order valence-electron chi connectivity index (χ3n) is 3.38. The molecule has 0 aliphatic heterocycles. The van der Waals surface area contributed by atoms with Gasteiger partial charge in [-0.25, -0.2) is 0 Å². The van der Waals surface area contributed by atoms with E-state index in [1.54, 1.807) is 6.26 Å². The first-order valence-corrected chi connectivity index (χ1v) is 7.96. The molecule has 1 aliphatic rings. The SMILES string of the molecule is CC(CCS(C)=O)NC(=O)[C@@H]1CC[C@H](C(=O)O)C1. The normalized spacial score (nSPS) is 26.6. The number of aliphatic carboxylic acids is 1. The van der Waals surface area contributed by atoms with Crippen molar-refractivity contribution in [1.29, 1.82) is 0 Å². The van der Waals surface area contributed by atoms with E-state index in [0.29, 0.717) is 31.4 Å². The van der Waals surface area contributed by atoms with Crippen molar-refractivity contribution < 1.29 is 18.9 Å². The van der Waals surface area contributed by atoms with Gasteiger partial charge in [0.1, 0.15) is 0 Å². The zero-order valence-corrected chi connectivity index (χ0v) is 11.7. The van der Waals surface area contributed by atoms with E-state index in [2.05, 4.69) is 5.32 Å². The van der Waals surface area contributed by atoms with Gasteiger partial charge in [0.2, 0.25) is 5.91 Å². The highest BCUT2D eigenvalue weighted by Gasteiger charge is 2.34. The molecular formula is C12H21NO4S. The van der Waals surface area contributed by atoms with Crippen LogP contribution in [0.3, 0.4) is 0 Å². The van der Waals surface area contributed by atoms with Crippen LogP contribution in [0.25, 0.3) is 0 Å². The minimum Gasteiger partial charge on any atom is -0.481 e. The summed E-state index contributed by atoms with van der Waals surface area (Å²) in [5.74, 6) is -0.850. The fraction of sp³-hybridized carbons (Fsp3) is 0.833. The number of nitrogens with one attached hydrogen (secondary N) is 1. The summed E-state index contributed by atoms with van der Waals surface area (Å²) < 4.78 is 10.9. The molecule has 0 saturated heterocycles. The summed E-state index contributed by atoms with van der Waals surface area (Å²) in [5, 5.41) is 11.7. The molecule has 18 heavy (non-hydrogen) atoms. The van der Waals surface area contributed by atoms with Crippen LogP contribution in [0.15, 0.2) is 0 Å². The highest BCUT2D eigenvalue weighted by atomic mass is 32.2. The number of carbonyl (C=O) groups excluding carboxylic acids is 1. The number of hydrogen-bond acceptors (Lipinski definition) is 3. The second-order valence-corrected chi connectivity index (χ2v) is 6.58. The van der Waals surface area contributed by atoms with Gasteiger partial charge in [0, 0.05) is 34.8 Å². The van der Waals surface area contributed by atoms with E-state index in [4.69, 9.17) is 5.11 Å². The Balaban J connectivity index is 2.33. The molecule has 0 heterocycles. The quantitative estimate of drug-likeness (QED) is 0.749. The van der Waals surface area contributed by atoms with E-state index < -0.39 is 16.8 Å². The monoisotopic (exact) mass is 275 g/mol. The first-order valence-electron chi connectivity index (χ1n) is 6.23. The first-order chi connectivity index (χ1) is 8.40. The first kappa shape index (κ1) is 15.1. The second-order valence-electron chi connectivity index (χ2n) is 5.02. The van der Waals surface area contributed by atoms with Gasteiger partial charge in [-0.1, -0.05) is 0 Å². The average Bonchev–Trinajstić information content (AvgIpc) is 2.75. The molecule has 4 atom stereocenters. The Morgan fingerprint density at radius 3 is 2.50 bits per heavy atom. The maximum atomic E-state index is 11.9. The van der Waals surface area contributed by atoms with Gasteiger partial charge in [-0.15, -0.1) is 0 Å². The minimum absolute atomic E-state index is 0.00900. The maximum Gasteiger partial charge on any atom is 0.306 e. The second kappa shape index (κ2) is 6.87. The topological polar surface area (TPSA) is 83.5 Å². The maximum absolute atomic E-state index is 11.9. The van der Waals surface area contributed by atoms with E-state index in [-0.39, 0.29) is 23.8 Å². The van der Waals surface area contributed by atoms with Gasteiger partial charge >= 0.3 is 5.97 Å². The Hall–Kier alpha value is -0.910. The molecule has 0 aromatic heterocycles. The van der Waals surface area contributed by atoms with E-state index in [9.17, 15) is 13.8 Å². The van der Waals surface area contributed by atoms with Gasteiger partial charge < -0.3 is 10.4 Å². The molecule has 0 bridgehead atoms. The van der Waals surface area contributed by atoms with E-state index >= 15 is 0 Å². The predicted molar refractivity (Wildman–Crippen MR) is 69.6 cm³/mol. The zero-order chi connectivity index (χ0) is 13.7. The van der Waals surface area contributed by atoms with Gasteiger partial charge in [0.05, 0.1) is 5.92 Å². The molecule has 2 N–H and O–H groups in total. The van der Waals surface area contributed by atoms with Crippen molar-refractivity contribution in [2.24, 2.45) is 11.8 Å². The molecule has 6 heteroatoms. The fourth-order valence-electron chi connectivity index (χ4n) is 2.22. The summed E-state index contributed by atoms with van der Waals surface area (Å²) in [4.78, 5) is 22.7. The lowest BCUT2D eigenvalue weighted by Gasteiger charge is -2.16. The number of hydrogen-bond donors (Lipinski definition) is 2.